The van der Waals surface area contributed by atoms with Crippen molar-refractivity contribution in [2.75, 3.05) is 19.8 Å². The van der Waals surface area contributed by atoms with Gasteiger partial charge in [-0.25, -0.2) is 0 Å². The fourth-order valence-corrected chi connectivity index (χ4v) is 3.78. The van der Waals surface area contributed by atoms with E-state index in [2.05, 4.69) is 23.5 Å². The maximum absolute atomic E-state index is 10.4. The quantitative estimate of drug-likeness (QED) is 0.874. The minimum absolute atomic E-state index is 0.612. The molecule has 0 radical (unpaired) electrons. The first kappa shape index (κ1) is 16.0. The molecule has 1 saturated heterocycles. The molecule has 2 aromatic rings. The summed E-state index contributed by atoms with van der Waals surface area (Å²) < 4.78 is 5.29. The Labute approximate surface area is 139 Å². The number of benzene rings is 1. The van der Waals surface area contributed by atoms with Crippen LogP contribution in [0.2, 0.25) is 5.02 Å². The van der Waals surface area contributed by atoms with E-state index in [1.165, 1.54) is 9.75 Å². The molecule has 0 saturated carbocycles. The minimum atomic E-state index is -0.620. The molecule has 118 valence electrons. The zero-order valence-electron chi connectivity index (χ0n) is 12.3. The van der Waals surface area contributed by atoms with E-state index in [-0.39, 0.29) is 0 Å². The standard InChI is InChI=1S/C17H20ClNO2S/c18-14-3-1-2-13(10-14)16-5-4-15(22-16)11-19-12-17(20)6-8-21-9-7-17/h1-5,10,19-20H,6-9,11-12H2. The molecule has 0 aliphatic carbocycles. The highest BCUT2D eigenvalue weighted by Crippen LogP contribution is 2.29. The average molecular weight is 338 g/mol. The summed E-state index contributed by atoms with van der Waals surface area (Å²) in [5.41, 5.74) is 0.525. The number of ether oxygens (including phenoxy) is 1. The third kappa shape index (κ3) is 4.09. The van der Waals surface area contributed by atoms with Gasteiger partial charge in [0.25, 0.3) is 0 Å². The Morgan fingerprint density at radius 3 is 2.82 bits per heavy atom. The van der Waals surface area contributed by atoms with E-state index in [4.69, 9.17) is 16.3 Å². The van der Waals surface area contributed by atoms with Gasteiger partial charge in [-0.15, -0.1) is 11.3 Å². The molecule has 0 atom stereocenters. The molecule has 22 heavy (non-hydrogen) atoms. The second kappa shape index (κ2) is 7.11. The highest BCUT2D eigenvalue weighted by Gasteiger charge is 2.29. The van der Waals surface area contributed by atoms with Crippen molar-refractivity contribution in [2.45, 2.75) is 25.0 Å². The van der Waals surface area contributed by atoms with Crippen molar-refractivity contribution in [1.29, 1.82) is 0 Å². The van der Waals surface area contributed by atoms with Crippen LogP contribution < -0.4 is 5.32 Å². The van der Waals surface area contributed by atoms with E-state index in [1.807, 2.05) is 18.2 Å². The maximum Gasteiger partial charge on any atom is 0.0815 e. The van der Waals surface area contributed by atoms with Gasteiger partial charge in [0.2, 0.25) is 0 Å². The smallest absolute Gasteiger partial charge is 0.0815 e. The van der Waals surface area contributed by atoms with E-state index >= 15 is 0 Å². The molecule has 1 aliphatic heterocycles. The van der Waals surface area contributed by atoms with Crippen LogP contribution in [0.3, 0.4) is 0 Å². The first-order valence-electron chi connectivity index (χ1n) is 7.50. The second-order valence-electron chi connectivity index (χ2n) is 5.72. The van der Waals surface area contributed by atoms with Crippen molar-refractivity contribution in [3.8, 4) is 10.4 Å². The van der Waals surface area contributed by atoms with E-state index in [0.717, 1.165) is 17.1 Å². The molecular formula is C17H20ClNO2S. The molecule has 1 aliphatic rings. The van der Waals surface area contributed by atoms with Crippen molar-refractivity contribution < 1.29 is 9.84 Å². The lowest BCUT2D eigenvalue weighted by molar-refractivity contribution is -0.0616. The number of thiophene rings is 1. The van der Waals surface area contributed by atoms with E-state index in [0.29, 0.717) is 32.6 Å². The van der Waals surface area contributed by atoms with Gasteiger partial charge in [-0.1, -0.05) is 23.7 Å². The normalized spacial score (nSPS) is 17.5. The number of hydrogen-bond acceptors (Lipinski definition) is 4. The number of halogens is 1. The molecule has 1 aromatic carbocycles. The van der Waals surface area contributed by atoms with Crippen LogP contribution in [-0.4, -0.2) is 30.5 Å². The van der Waals surface area contributed by atoms with Gasteiger partial charge in [-0.2, -0.15) is 0 Å². The Bertz CT molecular complexity index is 623. The number of aliphatic hydroxyl groups is 1. The first-order valence-corrected chi connectivity index (χ1v) is 8.70. The Balaban J connectivity index is 1.56. The van der Waals surface area contributed by atoms with Gasteiger partial charge in [0.1, 0.15) is 0 Å². The lowest BCUT2D eigenvalue weighted by Crippen LogP contribution is -2.44. The summed E-state index contributed by atoms with van der Waals surface area (Å²) in [6.45, 7) is 2.68. The Morgan fingerprint density at radius 2 is 2.05 bits per heavy atom. The molecule has 1 aromatic heterocycles. The third-order valence-corrected chi connectivity index (χ3v) is 5.32. The van der Waals surface area contributed by atoms with Crippen molar-refractivity contribution in [3.63, 3.8) is 0 Å². The molecular weight excluding hydrogens is 318 g/mol. The fraction of sp³-hybridized carbons (Fsp3) is 0.412. The van der Waals surface area contributed by atoms with Gasteiger partial charge >= 0.3 is 0 Å². The topological polar surface area (TPSA) is 41.5 Å². The van der Waals surface area contributed by atoms with Crippen molar-refractivity contribution in [3.05, 3.63) is 46.3 Å². The summed E-state index contributed by atoms with van der Waals surface area (Å²) >= 11 is 7.79. The van der Waals surface area contributed by atoms with Gasteiger partial charge < -0.3 is 15.2 Å². The minimum Gasteiger partial charge on any atom is -0.388 e. The van der Waals surface area contributed by atoms with Gasteiger partial charge in [0.15, 0.2) is 0 Å². The summed E-state index contributed by atoms with van der Waals surface area (Å²) in [5, 5.41) is 14.5. The predicted molar refractivity (Wildman–Crippen MR) is 91.5 cm³/mol. The van der Waals surface area contributed by atoms with E-state index in [1.54, 1.807) is 11.3 Å². The molecule has 0 unspecified atom stereocenters. The van der Waals surface area contributed by atoms with Crippen molar-refractivity contribution in [1.82, 2.24) is 5.32 Å². The summed E-state index contributed by atoms with van der Waals surface area (Å²) in [6.07, 6.45) is 1.41. The predicted octanol–water partition coefficient (Wildman–Crippen LogP) is 3.70. The monoisotopic (exact) mass is 337 g/mol. The number of nitrogens with one attached hydrogen (secondary N) is 1. The number of rotatable bonds is 5. The molecule has 3 nitrogen and oxygen atoms in total. The molecule has 2 N–H and O–H groups in total. The zero-order valence-corrected chi connectivity index (χ0v) is 13.9. The maximum atomic E-state index is 10.4. The summed E-state index contributed by atoms with van der Waals surface area (Å²) in [4.78, 5) is 2.47. The zero-order chi connectivity index (χ0) is 15.4. The lowest BCUT2D eigenvalue weighted by Gasteiger charge is -2.32. The highest BCUT2D eigenvalue weighted by molar-refractivity contribution is 7.15. The Morgan fingerprint density at radius 1 is 1.23 bits per heavy atom. The SMILES string of the molecule is OC1(CNCc2ccc(-c3cccc(Cl)c3)s2)CCOCC1. The van der Waals surface area contributed by atoms with Crippen LogP contribution in [0.5, 0.6) is 0 Å². The molecule has 3 rings (SSSR count). The summed E-state index contributed by atoms with van der Waals surface area (Å²) in [6, 6.07) is 12.2. The molecule has 5 heteroatoms. The van der Waals surface area contributed by atoms with Crippen LogP contribution in [0.4, 0.5) is 0 Å². The average Bonchev–Trinajstić information content (AvgIpc) is 2.97. The second-order valence-corrected chi connectivity index (χ2v) is 7.32. The molecule has 0 bridgehead atoms. The number of hydrogen-bond donors (Lipinski definition) is 2. The van der Waals surface area contributed by atoms with Crippen LogP contribution >= 0.6 is 22.9 Å². The first-order chi connectivity index (χ1) is 10.6. The van der Waals surface area contributed by atoms with Crippen molar-refractivity contribution >= 4 is 22.9 Å². The van der Waals surface area contributed by atoms with E-state index < -0.39 is 5.60 Å². The van der Waals surface area contributed by atoms with E-state index in [9.17, 15) is 5.11 Å². The van der Waals surface area contributed by atoms with Crippen LogP contribution in [0.1, 0.15) is 17.7 Å². The summed E-state index contributed by atoms with van der Waals surface area (Å²) in [7, 11) is 0. The Kier molecular flexibility index (Phi) is 5.16. The highest BCUT2D eigenvalue weighted by atomic mass is 35.5. The van der Waals surface area contributed by atoms with Gasteiger partial charge in [0.05, 0.1) is 5.60 Å². The van der Waals surface area contributed by atoms with Gasteiger partial charge in [0, 0.05) is 53.9 Å². The van der Waals surface area contributed by atoms with Crippen LogP contribution in [0.15, 0.2) is 36.4 Å². The lowest BCUT2D eigenvalue weighted by atomic mass is 9.94. The molecule has 2 heterocycles. The van der Waals surface area contributed by atoms with Crippen LogP contribution in [0.25, 0.3) is 10.4 Å². The fourth-order valence-electron chi connectivity index (χ4n) is 2.62. The molecule has 0 amide bonds. The Hall–Kier alpha value is -0.910. The van der Waals surface area contributed by atoms with Gasteiger partial charge in [-0.3, -0.25) is 0 Å². The van der Waals surface area contributed by atoms with Crippen LogP contribution in [-0.2, 0) is 11.3 Å². The largest absolute Gasteiger partial charge is 0.388 e. The third-order valence-electron chi connectivity index (χ3n) is 3.95. The van der Waals surface area contributed by atoms with Crippen molar-refractivity contribution in [2.24, 2.45) is 0 Å². The summed E-state index contributed by atoms with van der Waals surface area (Å²) in [5.74, 6) is 0. The molecule has 1 fully saturated rings. The molecule has 0 spiro atoms. The van der Waals surface area contributed by atoms with Crippen LogP contribution in [0, 0.1) is 0 Å². The van der Waals surface area contributed by atoms with Gasteiger partial charge in [-0.05, 0) is 29.8 Å².